The van der Waals surface area contributed by atoms with Crippen molar-refractivity contribution in [3.8, 4) is 11.8 Å². The molecule has 2 atom stereocenters. The molecule has 0 radical (unpaired) electrons. The van der Waals surface area contributed by atoms with Gasteiger partial charge in [0.15, 0.2) is 0 Å². The fraction of sp³-hybridized carbons (Fsp3) is 0.480. The van der Waals surface area contributed by atoms with Crippen molar-refractivity contribution in [1.29, 1.82) is 5.26 Å². The molecule has 152 valence electrons. The highest BCUT2D eigenvalue weighted by Crippen LogP contribution is 2.41. The molecule has 1 aliphatic heterocycles. The molecule has 0 spiro atoms. The zero-order valence-electron chi connectivity index (χ0n) is 17.3. The maximum absolute atomic E-state index is 9.88. The monoisotopic (exact) mass is 389 g/mol. The average Bonchev–Trinajstić information content (AvgIpc) is 3.29. The van der Waals surface area contributed by atoms with Gasteiger partial charge in [-0.2, -0.15) is 5.26 Å². The van der Waals surface area contributed by atoms with Crippen molar-refractivity contribution in [2.24, 2.45) is 0 Å². The minimum atomic E-state index is -0.319. The van der Waals surface area contributed by atoms with Crippen LogP contribution in [0.3, 0.4) is 0 Å². The van der Waals surface area contributed by atoms with Crippen LogP contribution in [0.1, 0.15) is 61.3 Å². The molecule has 1 heterocycles. The number of rotatable bonds is 6. The summed E-state index contributed by atoms with van der Waals surface area (Å²) in [5.74, 6) is 0.896. The molecule has 1 saturated carbocycles. The van der Waals surface area contributed by atoms with Crippen molar-refractivity contribution in [3.63, 3.8) is 0 Å². The average molecular weight is 390 g/mol. The topological polar surface area (TPSA) is 57.1 Å². The van der Waals surface area contributed by atoms with Gasteiger partial charge in [0.25, 0.3) is 0 Å². The lowest BCUT2D eigenvalue weighted by molar-refractivity contribution is 0.302. The van der Waals surface area contributed by atoms with E-state index in [1.54, 1.807) is 7.11 Å². The molecule has 1 saturated heterocycles. The van der Waals surface area contributed by atoms with E-state index in [9.17, 15) is 5.26 Å². The Hall–Kier alpha value is -2.35. The van der Waals surface area contributed by atoms with Crippen LogP contribution in [0.25, 0.3) is 0 Å². The fourth-order valence-electron chi connectivity index (χ4n) is 5.02. The van der Waals surface area contributed by atoms with Gasteiger partial charge in [-0.15, -0.1) is 0 Å². The van der Waals surface area contributed by atoms with Gasteiger partial charge in [-0.3, -0.25) is 0 Å². The Labute approximate surface area is 174 Å². The number of hydrogen-bond acceptors (Lipinski definition) is 4. The van der Waals surface area contributed by atoms with E-state index < -0.39 is 0 Å². The number of methoxy groups -OCH3 is 1. The largest absolute Gasteiger partial charge is 0.496 e. The molecule has 0 bridgehead atoms. The molecule has 2 aromatic carbocycles. The Kier molecular flexibility index (Phi) is 6.18. The van der Waals surface area contributed by atoms with Crippen LogP contribution in [0.5, 0.6) is 5.75 Å². The Morgan fingerprint density at radius 2 is 1.93 bits per heavy atom. The van der Waals surface area contributed by atoms with Gasteiger partial charge >= 0.3 is 0 Å². The van der Waals surface area contributed by atoms with Crippen LogP contribution in [-0.4, -0.2) is 19.7 Å². The first-order valence-corrected chi connectivity index (χ1v) is 10.9. The highest BCUT2D eigenvalue weighted by molar-refractivity contribution is 5.43. The second-order valence-corrected chi connectivity index (χ2v) is 8.40. The smallest absolute Gasteiger partial charge is 0.123 e. The van der Waals surface area contributed by atoms with Crippen molar-refractivity contribution in [2.75, 3.05) is 13.7 Å². The van der Waals surface area contributed by atoms with E-state index in [1.807, 2.05) is 6.07 Å². The number of nitrogens with one attached hydrogen (secondary N) is 2. The number of ether oxygens (including phenoxy) is 1. The summed E-state index contributed by atoms with van der Waals surface area (Å²) >= 11 is 0. The maximum Gasteiger partial charge on any atom is 0.123 e. The van der Waals surface area contributed by atoms with Crippen LogP contribution in [0.2, 0.25) is 0 Å². The Bertz CT molecular complexity index is 852. The Balaban J connectivity index is 1.54. The van der Waals surface area contributed by atoms with Gasteiger partial charge in [0.2, 0.25) is 0 Å². The lowest BCUT2D eigenvalue weighted by Crippen LogP contribution is -2.45. The second-order valence-electron chi connectivity index (χ2n) is 8.40. The van der Waals surface area contributed by atoms with Crippen LogP contribution in [0.15, 0.2) is 48.5 Å². The number of piperidine rings is 1. The summed E-state index contributed by atoms with van der Waals surface area (Å²) < 4.78 is 5.64. The highest BCUT2D eigenvalue weighted by atomic mass is 16.5. The van der Waals surface area contributed by atoms with Gasteiger partial charge in [-0.1, -0.05) is 49.2 Å². The normalized spacial score (nSPS) is 23.4. The third-order valence-electron chi connectivity index (χ3n) is 6.68. The van der Waals surface area contributed by atoms with E-state index in [2.05, 4.69) is 59.2 Å². The van der Waals surface area contributed by atoms with Crippen molar-refractivity contribution in [3.05, 3.63) is 65.2 Å². The molecule has 0 amide bonds. The second kappa shape index (κ2) is 8.98. The van der Waals surface area contributed by atoms with Gasteiger partial charge < -0.3 is 15.4 Å². The summed E-state index contributed by atoms with van der Waals surface area (Å²) in [6.45, 7) is 1.80. The molecule has 0 aromatic heterocycles. The Morgan fingerprint density at radius 1 is 1.14 bits per heavy atom. The van der Waals surface area contributed by atoms with E-state index in [-0.39, 0.29) is 5.41 Å². The summed E-state index contributed by atoms with van der Waals surface area (Å²) in [6.07, 6.45) is 6.53. The molecular formula is C25H31N3O. The summed E-state index contributed by atoms with van der Waals surface area (Å²) in [5, 5.41) is 17.3. The standard InChI is InChI=1S/C25H31N3O/c1-29-23-12-11-21(25(18-26)13-5-6-14-25)16-20(23)17-28-22-10-7-15-27-24(22)19-8-3-2-4-9-19/h2-4,8-9,11-12,16,22,24,27-28H,5-7,10,13-15,17H2,1H3. The van der Waals surface area contributed by atoms with E-state index in [1.165, 1.54) is 12.0 Å². The predicted octanol–water partition coefficient (Wildman–Crippen LogP) is 4.61. The summed E-state index contributed by atoms with van der Waals surface area (Å²) in [6, 6.07) is 20.3. The molecule has 2 aromatic rings. The predicted molar refractivity (Wildman–Crippen MR) is 116 cm³/mol. The van der Waals surface area contributed by atoms with Gasteiger partial charge in [0.1, 0.15) is 5.75 Å². The zero-order chi connectivity index (χ0) is 20.1. The minimum Gasteiger partial charge on any atom is -0.496 e. The van der Waals surface area contributed by atoms with Gasteiger partial charge in [-0.05, 0) is 55.5 Å². The molecule has 4 rings (SSSR count). The lowest BCUT2D eigenvalue weighted by Gasteiger charge is -2.34. The molecule has 29 heavy (non-hydrogen) atoms. The van der Waals surface area contributed by atoms with Crippen LogP contribution in [-0.2, 0) is 12.0 Å². The Morgan fingerprint density at radius 3 is 2.66 bits per heavy atom. The minimum absolute atomic E-state index is 0.319. The zero-order valence-corrected chi connectivity index (χ0v) is 17.3. The van der Waals surface area contributed by atoms with E-state index in [4.69, 9.17) is 4.74 Å². The third kappa shape index (κ3) is 4.17. The molecule has 2 unspecified atom stereocenters. The van der Waals surface area contributed by atoms with Gasteiger partial charge in [0, 0.05) is 24.2 Å². The number of nitrogens with zero attached hydrogens (tertiary/aromatic N) is 1. The first-order valence-electron chi connectivity index (χ1n) is 10.9. The molecule has 2 N–H and O–H groups in total. The van der Waals surface area contributed by atoms with Gasteiger partial charge in [-0.25, -0.2) is 0 Å². The van der Waals surface area contributed by atoms with E-state index in [0.29, 0.717) is 12.1 Å². The third-order valence-corrected chi connectivity index (χ3v) is 6.68. The van der Waals surface area contributed by atoms with Crippen LogP contribution in [0, 0.1) is 11.3 Å². The molecule has 1 aliphatic carbocycles. The maximum atomic E-state index is 9.88. The van der Waals surface area contributed by atoms with Crippen LogP contribution < -0.4 is 15.4 Å². The SMILES string of the molecule is COc1ccc(C2(C#N)CCCC2)cc1CNC1CCCNC1c1ccccc1. The summed E-state index contributed by atoms with van der Waals surface area (Å²) in [5.41, 5.74) is 3.31. The van der Waals surface area contributed by atoms with Crippen LogP contribution in [0.4, 0.5) is 0 Å². The fourth-order valence-corrected chi connectivity index (χ4v) is 5.02. The number of hydrogen-bond donors (Lipinski definition) is 2. The summed E-state index contributed by atoms with van der Waals surface area (Å²) in [4.78, 5) is 0. The van der Waals surface area contributed by atoms with E-state index >= 15 is 0 Å². The van der Waals surface area contributed by atoms with Crippen molar-refractivity contribution in [1.82, 2.24) is 10.6 Å². The quantitative estimate of drug-likeness (QED) is 0.757. The van der Waals surface area contributed by atoms with Gasteiger partial charge in [0.05, 0.1) is 18.6 Å². The lowest BCUT2D eigenvalue weighted by atomic mass is 9.79. The number of nitriles is 1. The first-order chi connectivity index (χ1) is 14.3. The van der Waals surface area contributed by atoms with E-state index in [0.717, 1.165) is 62.1 Å². The molecule has 2 fully saturated rings. The highest BCUT2D eigenvalue weighted by Gasteiger charge is 2.36. The first kappa shape index (κ1) is 19.9. The van der Waals surface area contributed by atoms with Crippen LogP contribution >= 0.6 is 0 Å². The molecule has 4 heteroatoms. The van der Waals surface area contributed by atoms with Crippen molar-refractivity contribution >= 4 is 0 Å². The number of benzene rings is 2. The molecular weight excluding hydrogens is 358 g/mol. The molecule has 2 aliphatic rings. The summed E-state index contributed by atoms with van der Waals surface area (Å²) in [7, 11) is 1.73. The molecule has 4 nitrogen and oxygen atoms in total. The van der Waals surface area contributed by atoms with Crippen molar-refractivity contribution < 1.29 is 4.74 Å². The van der Waals surface area contributed by atoms with Crippen molar-refractivity contribution in [2.45, 2.75) is 62.6 Å².